The molecule has 0 aliphatic carbocycles. The van der Waals surface area contributed by atoms with Crippen molar-refractivity contribution in [2.45, 2.75) is 20.4 Å². The lowest BCUT2D eigenvalue weighted by atomic mass is 10.2. The van der Waals surface area contributed by atoms with Crippen LogP contribution in [-0.2, 0) is 11.3 Å². The summed E-state index contributed by atoms with van der Waals surface area (Å²) in [7, 11) is 0. The van der Waals surface area contributed by atoms with Gasteiger partial charge in [-0.25, -0.2) is 9.82 Å². The van der Waals surface area contributed by atoms with Gasteiger partial charge in [0, 0.05) is 0 Å². The highest BCUT2D eigenvalue weighted by Gasteiger charge is 2.11. The van der Waals surface area contributed by atoms with E-state index < -0.39 is 0 Å². The molecule has 1 N–H and O–H groups in total. The normalized spacial score (nSPS) is 11.0. The standard InChI is InChI=1S/C14H14BrFN4O/c1-9-14(15)10(2)20(19-9)8-13(21)18-17-7-11-3-5-12(16)6-4-11/h3-7H,8H2,1-2H3,(H,18,21). The number of carbonyl (C=O) groups is 1. The lowest BCUT2D eigenvalue weighted by Gasteiger charge is -2.03. The van der Waals surface area contributed by atoms with Gasteiger partial charge in [-0.2, -0.15) is 10.2 Å². The number of nitrogens with zero attached hydrogens (tertiary/aromatic N) is 3. The summed E-state index contributed by atoms with van der Waals surface area (Å²) in [6, 6.07) is 5.80. The summed E-state index contributed by atoms with van der Waals surface area (Å²) < 4.78 is 15.2. The zero-order chi connectivity index (χ0) is 15.4. The van der Waals surface area contributed by atoms with Gasteiger partial charge in [0.05, 0.1) is 22.1 Å². The first-order chi connectivity index (χ1) is 9.97. The third-order valence-electron chi connectivity index (χ3n) is 2.86. The van der Waals surface area contributed by atoms with Crippen molar-refractivity contribution in [1.82, 2.24) is 15.2 Å². The molecule has 0 saturated carbocycles. The Morgan fingerprint density at radius 1 is 1.43 bits per heavy atom. The summed E-state index contributed by atoms with van der Waals surface area (Å²) in [5.41, 5.74) is 4.82. The number of nitrogens with one attached hydrogen (secondary N) is 1. The molecule has 2 rings (SSSR count). The molecule has 0 spiro atoms. The van der Waals surface area contributed by atoms with Crippen LogP contribution in [0.5, 0.6) is 0 Å². The summed E-state index contributed by atoms with van der Waals surface area (Å²) in [6.07, 6.45) is 1.45. The van der Waals surface area contributed by atoms with Crippen LogP contribution in [0.3, 0.4) is 0 Å². The van der Waals surface area contributed by atoms with Crippen molar-refractivity contribution in [3.05, 3.63) is 51.5 Å². The topological polar surface area (TPSA) is 59.3 Å². The summed E-state index contributed by atoms with van der Waals surface area (Å²) in [5.74, 6) is -0.599. The zero-order valence-electron chi connectivity index (χ0n) is 11.6. The summed E-state index contributed by atoms with van der Waals surface area (Å²) in [5, 5.41) is 8.07. The summed E-state index contributed by atoms with van der Waals surface area (Å²) in [6.45, 7) is 3.82. The van der Waals surface area contributed by atoms with Crippen LogP contribution in [-0.4, -0.2) is 21.9 Å². The largest absolute Gasteiger partial charge is 0.271 e. The number of aryl methyl sites for hydroxylation is 1. The average Bonchev–Trinajstić information content (AvgIpc) is 2.68. The predicted molar refractivity (Wildman–Crippen MR) is 81.5 cm³/mol. The van der Waals surface area contributed by atoms with Gasteiger partial charge < -0.3 is 0 Å². The number of carbonyl (C=O) groups excluding carboxylic acids is 1. The highest BCUT2D eigenvalue weighted by atomic mass is 79.9. The molecule has 110 valence electrons. The Balaban J connectivity index is 1.93. The molecule has 1 amide bonds. The van der Waals surface area contributed by atoms with Crippen molar-refractivity contribution in [3.8, 4) is 0 Å². The third-order valence-corrected chi connectivity index (χ3v) is 4.01. The third kappa shape index (κ3) is 3.98. The number of hydrogen-bond acceptors (Lipinski definition) is 3. The lowest BCUT2D eigenvalue weighted by molar-refractivity contribution is -0.121. The van der Waals surface area contributed by atoms with E-state index in [9.17, 15) is 9.18 Å². The molecule has 21 heavy (non-hydrogen) atoms. The van der Waals surface area contributed by atoms with E-state index in [1.165, 1.54) is 18.3 Å². The van der Waals surface area contributed by atoms with Gasteiger partial charge in [-0.15, -0.1) is 0 Å². The Morgan fingerprint density at radius 2 is 2.10 bits per heavy atom. The smallest absolute Gasteiger partial charge is 0.261 e. The highest BCUT2D eigenvalue weighted by molar-refractivity contribution is 9.10. The molecule has 5 nitrogen and oxygen atoms in total. The van der Waals surface area contributed by atoms with E-state index in [4.69, 9.17) is 0 Å². The Bertz CT molecular complexity index is 679. The maximum absolute atomic E-state index is 12.7. The number of halogens is 2. The van der Waals surface area contributed by atoms with Crippen LogP contribution in [0.2, 0.25) is 0 Å². The van der Waals surface area contributed by atoms with Gasteiger partial charge in [0.2, 0.25) is 0 Å². The van der Waals surface area contributed by atoms with Gasteiger partial charge in [-0.1, -0.05) is 12.1 Å². The molecule has 0 fully saturated rings. The van der Waals surface area contributed by atoms with Crippen molar-refractivity contribution >= 4 is 28.1 Å². The molecular weight excluding hydrogens is 339 g/mol. The second-order valence-electron chi connectivity index (χ2n) is 4.49. The van der Waals surface area contributed by atoms with Crippen molar-refractivity contribution in [2.24, 2.45) is 5.10 Å². The van der Waals surface area contributed by atoms with Gasteiger partial charge in [-0.3, -0.25) is 9.48 Å². The van der Waals surface area contributed by atoms with Crippen LogP contribution in [0, 0.1) is 19.7 Å². The summed E-state index contributed by atoms with van der Waals surface area (Å²) >= 11 is 3.40. The molecule has 0 saturated heterocycles. The number of rotatable bonds is 4. The molecule has 0 atom stereocenters. The predicted octanol–water partition coefficient (Wildman–Crippen LogP) is 2.55. The molecule has 1 heterocycles. The number of hydrogen-bond donors (Lipinski definition) is 1. The highest BCUT2D eigenvalue weighted by Crippen LogP contribution is 2.19. The van der Waals surface area contributed by atoms with Crippen molar-refractivity contribution in [2.75, 3.05) is 0 Å². The van der Waals surface area contributed by atoms with Crippen LogP contribution < -0.4 is 5.43 Å². The maximum atomic E-state index is 12.7. The Kier molecular flexibility index (Phi) is 4.85. The van der Waals surface area contributed by atoms with Gasteiger partial charge in [0.1, 0.15) is 12.4 Å². The van der Waals surface area contributed by atoms with Crippen LogP contribution >= 0.6 is 15.9 Å². The Labute approximate surface area is 130 Å². The molecule has 0 aliphatic rings. The molecule has 0 aliphatic heterocycles. The van der Waals surface area contributed by atoms with Crippen LogP contribution in [0.1, 0.15) is 17.0 Å². The molecule has 7 heteroatoms. The van der Waals surface area contributed by atoms with E-state index in [-0.39, 0.29) is 18.3 Å². The van der Waals surface area contributed by atoms with Gasteiger partial charge in [-0.05, 0) is 47.5 Å². The first kappa shape index (κ1) is 15.4. The van der Waals surface area contributed by atoms with E-state index in [1.807, 2.05) is 13.8 Å². The summed E-state index contributed by atoms with van der Waals surface area (Å²) in [4.78, 5) is 11.8. The fraction of sp³-hybridized carbons (Fsp3) is 0.214. The first-order valence-electron chi connectivity index (χ1n) is 6.24. The van der Waals surface area contributed by atoms with Crippen molar-refractivity contribution in [1.29, 1.82) is 0 Å². The van der Waals surface area contributed by atoms with E-state index in [1.54, 1.807) is 16.8 Å². The van der Waals surface area contributed by atoms with E-state index in [2.05, 4.69) is 31.6 Å². The second kappa shape index (κ2) is 6.62. The minimum Gasteiger partial charge on any atom is -0.271 e. The minimum atomic E-state index is -0.314. The minimum absolute atomic E-state index is 0.0824. The fourth-order valence-electron chi connectivity index (χ4n) is 1.73. The van der Waals surface area contributed by atoms with Crippen molar-refractivity contribution in [3.63, 3.8) is 0 Å². The molecule has 1 aromatic heterocycles. The second-order valence-corrected chi connectivity index (χ2v) is 5.28. The average molecular weight is 353 g/mol. The SMILES string of the molecule is Cc1nn(CC(=O)NN=Cc2ccc(F)cc2)c(C)c1Br. The molecule has 0 radical (unpaired) electrons. The van der Waals surface area contributed by atoms with E-state index in [0.29, 0.717) is 5.56 Å². The number of benzene rings is 1. The monoisotopic (exact) mass is 352 g/mol. The van der Waals surface area contributed by atoms with Crippen LogP contribution in [0.4, 0.5) is 4.39 Å². The molecular formula is C14H14BrFN4O. The first-order valence-corrected chi connectivity index (χ1v) is 7.03. The quantitative estimate of drug-likeness (QED) is 0.678. The fourth-order valence-corrected chi connectivity index (χ4v) is 2.01. The zero-order valence-corrected chi connectivity index (χ0v) is 13.2. The number of aromatic nitrogens is 2. The van der Waals surface area contributed by atoms with Crippen molar-refractivity contribution < 1.29 is 9.18 Å². The van der Waals surface area contributed by atoms with Gasteiger partial charge >= 0.3 is 0 Å². The van der Waals surface area contributed by atoms with Gasteiger partial charge in [0.25, 0.3) is 5.91 Å². The Hall–Kier alpha value is -2.02. The molecule has 0 unspecified atom stereocenters. The number of hydrazone groups is 1. The molecule has 0 bridgehead atoms. The lowest BCUT2D eigenvalue weighted by Crippen LogP contribution is -2.24. The number of amides is 1. The van der Waals surface area contributed by atoms with Crippen LogP contribution in [0.15, 0.2) is 33.8 Å². The van der Waals surface area contributed by atoms with E-state index >= 15 is 0 Å². The Morgan fingerprint density at radius 3 is 2.67 bits per heavy atom. The van der Waals surface area contributed by atoms with E-state index in [0.717, 1.165) is 15.9 Å². The molecule has 2 aromatic rings. The molecule has 1 aromatic carbocycles. The maximum Gasteiger partial charge on any atom is 0.261 e. The van der Waals surface area contributed by atoms with Crippen LogP contribution in [0.25, 0.3) is 0 Å². The van der Waals surface area contributed by atoms with Gasteiger partial charge in [0.15, 0.2) is 0 Å².